The lowest BCUT2D eigenvalue weighted by Crippen LogP contribution is -2.23. The number of halogens is 1. The van der Waals surface area contributed by atoms with Crippen LogP contribution in [0, 0.1) is 5.92 Å². The standard InChI is InChI=1S/C11H20ClN5/c1-5-6-13-10-15-9(12)16-11(17-10)14-8(4)7(2)3/h7-8H,5-6H2,1-4H3,(H2,13,14,15,16,17). The Labute approximate surface area is 107 Å². The van der Waals surface area contributed by atoms with Crippen LogP contribution >= 0.6 is 11.6 Å². The van der Waals surface area contributed by atoms with Gasteiger partial charge in [-0.15, -0.1) is 0 Å². The molecule has 0 saturated carbocycles. The molecule has 0 radical (unpaired) electrons. The Hall–Kier alpha value is -1.10. The molecule has 1 atom stereocenters. The number of aromatic nitrogens is 3. The fourth-order valence-corrected chi connectivity index (χ4v) is 1.26. The maximum Gasteiger partial charge on any atom is 0.229 e. The molecule has 6 heteroatoms. The van der Waals surface area contributed by atoms with Crippen LogP contribution in [-0.4, -0.2) is 27.5 Å². The minimum Gasteiger partial charge on any atom is -0.354 e. The molecule has 0 aliphatic rings. The summed E-state index contributed by atoms with van der Waals surface area (Å²) in [6, 6.07) is 0.285. The van der Waals surface area contributed by atoms with Crippen LogP contribution in [0.3, 0.4) is 0 Å². The van der Waals surface area contributed by atoms with Gasteiger partial charge < -0.3 is 10.6 Å². The van der Waals surface area contributed by atoms with E-state index in [2.05, 4.69) is 53.3 Å². The third kappa shape index (κ3) is 4.73. The van der Waals surface area contributed by atoms with Crippen LogP contribution in [0.5, 0.6) is 0 Å². The Morgan fingerprint density at radius 3 is 2.35 bits per heavy atom. The molecule has 1 aromatic rings. The fourth-order valence-electron chi connectivity index (χ4n) is 1.10. The van der Waals surface area contributed by atoms with Gasteiger partial charge in [-0.1, -0.05) is 20.8 Å². The van der Waals surface area contributed by atoms with Gasteiger partial charge in [0, 0.05) is 12.6 Å². The SMILES string of the molecule is CCCNc1nc(Cl)nc(NC(C)C(C)C)n1. The first-order valence-electron chi connectivity index (χ1n) is 5.95. The van der Waals surface area contributed by atoms with Gasteiger partial charge in [0.05, 0.1) is 0 Å². The monoisotopic (exact) mass is 257 g/mol. The van der Waals surface area contributed by atoms with Crippen molar-refractivity contribution in [2.75, 3.05) is 17.2 Å². The molecule has 0 saturated heterocycles. The molecule has 0 fully saturated rings. The molecular weight excluding hydrogens is 238 g/mol. The Morgan fingerprint density at radius 2 is 1.76 bits per heavy atom. The highest BCUT2D eigenvalue weighted by Crippen LogP contribution is 2.12. The first kappa shape index (κ1) is 14.0. The van der Waals surface area contributed by atoms with Crippen molar-refractivity contribution in [2.45, 2.75) is 40.2 Å². The molecular formula is C11H20ClN5. The van der Waals surface area contributed by atoms with Crippen LogP contribution in [0.1, 0.15) is 34.1 Å². The van der Waals surface area contributed by atoms with E-state index in [1.807, 2.05) is 0 Å². The lowest BCUT2D eigenvalue weighted by atomic mass is 10.1. The molecule has 0 aliphatic heterocycles. The number of anilines is 2. The molecule has 2 N–H and O–H groups in total. The van der Waals surface area contributed by atoms with Crippen molar-refractivity contribution in [3.63, 3.8) is 0 Å². The Balaban J connectivity index is 2.74. The smallest absolute Gasteiger partial charge is 0.229 e. The number of hydrogen-bond donors (Lipinski definition) is 2. The molecule has 1 unspecified atom stereocenters. The molecule has 0 aliphatic carbocycles. The average molecular weight is 258 g/mol. The Morgan fingerprint density at radius 1 is 1.12 bits per heavy atom. The largest absolute Gasteiger partial charge is 0.354 e. The van der Waals surface area contributed by atoms with Crippen LogP contribution < -0.4 is 10.6 Å². The van der Waals surface area contributed by atoms with Gasteiger partial charge in [0.25, 0.3) is 0 Å². The highest BCUT2D eigenvalue weighted by molar-refractivity contribution is 6.28. The Kier molecular flexibility index (Phi) is 5.41. The molecule has 17 heavy (non-hydrogen) atoms. The van der Waals surface area contributed by atoms with Crippen LogP contribution in [-0.2, 0) is 0 Å². The first-order chi connectivity index (χ1) is 8.02. The van der Waals surface area contributed by atoms with Crippen molar-refractivity contribution in [2.24, 2.45) is 5.92 Å². The Bertz CT molecular complexity index is 356. The normalized spacial score (nSPS) is 12.6. The summed E-state index contributed by atoms with van der Waals surface area (Å²) < 4.78 is 0. The summed E-state index contributed by atoms with van der Waals surface area (Å²) in [6.45, 7) is 9.25. The predicted octanol–water partition coefficient (Wildman–Crippen LogP) is 2.80. The van der Waals surface area contributed by atoms with Crippen molar-refractivity contribution in [3.8, 4) is 0 Å². The molecule has 0 spiro atoms. The van der Waals surface area contributed by atoms with Crippen LogP contribution in [0.2, 0.25) is 5.28 Å². The van der Waals surface area contributed by atoms with Gasteiger partial charge in [0.15, 0.2) is 0 Å². The predicted molar refractivity (Wildman–Crippen MR) is 71.5 cm³/mol. The molecule has 1 rings (SSSR count). The van der Waals surface area contributed by atoms with Crippen molar-refractivity contribution in [1.82, 2.24) is 15.0 Å². The van der Waals surface area contributed by atoms with Crippen molar-refractivity contribution >= 4 is 23.5 Å². The zero-order valence-electron chi connectivity index (χ0n) is 10.8. The quantitative estimate of drug-likeness (QED) is 0.821. The molecule has 5 nitrogen and oxygen atoms in total. The molecule has 0 aromatic carbocycles. The van der Waals surface area contributed by atoms with Crippen LogP contribution in [0.4, 0.5) is 11.9 Å². The summed E-state index contributed by atoms with van der Waals surface area (Å²) in [7, 11) is 0. The van der Waals surface area contributed by atoms with Gasteiger partial charge in [-0.05, 0) is 30.9 Å². The summed E-state index contributed by atoms with van der Waals surface area (Å²) in [5.41, 5.74) is 0. The van der Waals surface area contributed by atoms with Gasteiger partial charge in [-0.3, -0.25) is 0 Å². The number of rotatable bonds is 6. The maximum absolute atomic E-state index is 5.85. The average Bonchev–Trinajstić information content (AvgIpc) is 2.25. The first-order valence-corrected chi connectivity index (χ1v) is 6.32. The highest BCUT2D eigenvalue weighted by atomic mass is 35.5. The van der Waals surface area contributed by atoms with Crippen molar-refractivity contribution in [3.05, 3.63) is 5.28 Å². The summed E-state index contributed by atoms with van der Waals surface area (Å²) in [5, 5.41) is 6.51. The van der Waals surface area contributed by atoms with E-state index in [0.29, 0.717) is 17.8 Å². The van der Waals surface area contributed by atoms with E-state index in [-0.39, 0.29) is 11.3 Å². The second-order valence-electron chi connectivity index (χ2n) is 4.36. The van der Waals surface area contributed by atoms with Gasteiger partial charge in [-0.2, -0.15) is 15.0 Å². The second kappa shape index (κ2) is 6.59. The molecule has 0 bridgehead atoms. The van der Waals surface area contributed by atoms with Crippen LogP contribution in [0.25, 0.3) is 0 Å². The van der Waals surface area contributed by atoms with E-state index >= 15 is 0 Å². The molecule has 96 valence electrons. The summed E-state index contributed by atoms with van der Waals surface area (Å²) in [6.07, 6.45) is 1.01. The summed E-state index contributed by atoms with van der Waals surface area (Å²) in [4.78, 5) is 12.3. The lowest BCUT2D eigenvalue weighted by Gasteiger charge is -2.17. The zero-order valence-corrected chi connectivity index (χ0v) is 11.5. The summed E-state index contributed by atoms with van der Waals surface area (Å²) in [5.74, 6) is 1.53. The van der Waals surface area contributed by atoms with E-state index in [4.69, 9.17) is 11.6 Å². The van der Waals surface area contributed by atoms with Gasteiger partial charge in [0.2, 0.25) is 17.2 Å². The van der Waals surface area contributed by atoms with E-state index in [1.54, 1.807) is 0 Å². The van der Waals surface area contributed by atoms with E-state index in [0.717, 1.165) is 13.0 Å². The van der Waals surface area contributed by atoms with Crippen LogP contribution in [0.15, 0.2) is 0 Å². The zero-order chi connectivity index (χ0) is 12.8. The minimum absolute atomic E-state index is 0.206. The van der Waals surface area contributed by atoms with Gasteiger partial charge in [0.1, 0.15) is 0 Å². The number of nitrogens with zero attached hydrogens (tertiary/aromatic N) is 3. The van der Waals surface area contributed by atoms with Crippen molar-refractivity contribution < 1.29 is 0 Å². The van der Waals surface area contributed by atoms with E-state index < -0.39 is 0 Å². The highest BCUT2D eigenvalue weighted by Gasteiger charge is 2.10. The number of nitrogens with one attached hydrogen (secondary N) is 2. The van der Waals surface area contributed by atoms with E-state index in [1.165, 1.54) is 0 Å². The third-order valence-electron chi connectivity index (χ3n) is 2.50. The molecule has 1 aromatic heterocycles. The topological polar surface area (TPSA) is 62.7 Å². The minimum atomic E-state index is 0.206. The lowest BCUT2D eigenvalue weighted by molar-refractivity contribution is 0.556. The maximum atomic E-state index is 5.85. The van der Waals surface area contributed by atoms with E-state index in [9.17, 15) is 0 Å². The third-order valence-corrected chi connectivity index (χ3v) is 2.67. The van der Waals surface area contributed by atoms with Crippen molar-refractivity contribution in [1.29, 1.82) is 0 Å². The molecule has 1 heterocycles. The van der Waals surface area contributed by atoms with Gasteiger partial charge in [-0.25, -0.2) is 0 Å². The van der Waals surface area contributed by atoms with Gasteiger partial charge >= 0.3 is 0 Å². The second-order valence-corrected chi connectivity index (χ2v) is 4.69. The fraction of sp³-hybridized carbons (Fsp3) is 0.727. The number of hydrogen-bond acceptors (Lipinski definition) is 5. The molecule has 0 amide bonds. The summed E-state index contributed by atoms with van der Waals surface area (Å²) >= 11 is 5.85.